The van der Waals surface area contributed by atoms with Crippen LogP contribution in [0.5, 0.6) is 5.75 Å². The van der Waals surface area contributed by atoms with Gasteiger partial charge in [0.2, 0.25) is 0 Å². The van der Waals surface area contributed by atoms with E-state index in [0.29, 0.717) is 6.54 Å². The SMILES string of the molecule is CC(C)(C)OC(=O)N1CC(Oc2ccccc2)C2NCC=C21. The second-order valence-corrected chi connectivity index (χ2v) is 6.58. The van der Waals surface area contributed by atoms with Crippen molar-refractivity contribution in [2.24, 2.45) is 0 Å². The van der Waals surface area contributed by atoms with Gasteiger partial charge in [-0.25, -0.2) is 4.79 Å². The minimum absolute atomic E-state index is 0.0349. The van der Waals surface area contributed by atoms with Gasteiger partial charge >= 0.3 is 6.09 Å². The minimum Gasteiger partial charge on any atom is -0.487 e. The number of rotatable bonds is 2. The number of para-hydroxylation sites is 1. The molecule has 2 aliphatic rings. The molecule has 1 fully saturated rings. The Morgan fingerprint density at radius 2 is 2.00 bits per heavy atom. The molecule has 2 atom stereocenters. The van der Waals surface area contributed by atoms with Crippen molar-refractivity contribution >= 4 is 6.09 Å². The summed E-state index contributed by atoms with van der Waals surface area (Å²) in [5.41, 5.74) is 0.451. The van der Waals surface area contributed by atoms with Gasteiger partial charge in [-0.1, -0.05) is 18.2 Å². The van der Waals surface area contributed by atoms with E-state index in [1.165, 1.54) is 0 Å². The van der Waals surface area contributed by atoms with Gasteiger partial charge in [-0.05, 0) is 39.0 Å². The summed E-state index contributed by atoms with van der Waals surface area (Å²) >= 11 is 0. The van der Waals surface area contributed by atoms with Gasteiger partial charge < -0.3 is 14.8 Å². The maximum absolute atomic E-state index is 12.4. The second kappa shape index (κ2) is 5.65. The zero-order chi connectivity index (χ0) is 15.7. The van der Waals surface area contributed by atoms with Gasteiger partial charge in [0.25, 0.3) is 0 Å². The number of likely N-dealkylation sites (tertiary alicyclic amines) is 1. The smallest absolute Gasteiger partial charge is 0.414 e. The number of benzene rings is 1. The first-order chi connectivity index (χ1) is 10.4. The third-order valence-electron chi connectivity index (χ3n) is 3.66. The number of amides is 1. The van der Waals surface area contributed by atoms with Crippen molar-refractivity contribution in [1.29, 1.82) is 0 Å². The molecule has 22 heavy (non-hydrogen) atoms. The van der Waals surface area contributed by atoms with Crippen LogP contribution in [0, 0.1) is 0 Å². The van der Waals surface area contributed by atoms with Crippen LogP contribution in [0.25, 0.3) is 0 Å². The van der Waals surface area contributed by atoms with E-state index in [1.807, 2.05) is 57.2 Å². The summed E-state index contributed by atoms with van der Waals surface area (Å²) in [7, 11) is 0. The molecule has 1 aromatic rings. The third-order valence-corrected chi connectivity index (χ3v) is 3.66. The lowest BCUT2D eigenvalue weighted by Gasteiger charge is -2.24. The molecule has 1 N–H and O–H groups in total. The van der Waals surface area contributed by atoms with E-state index in [1.54, 1.807) is 4.90 Å². The molecule has 0 spiro atoms. The number of carbonyl (C=O) groups is 1. The van der Waals surface area contributed by atoms with E-state index in [2.05, 4.69) is 5.32 Å². The zero-order valence-corrected chi connectivity index (χ0v) is 13.2. The molecule has 1 saturated heterocycles. The number of fused-ring (bicyclic) bond motifs is 1. The van der Waals surface area contributed by atoms with Gasteiger partial charge in [-0.3, -0.25) is 4.90 Å². The molecule has 1 aromatic carbocycles. The summed E-state index contributed by atoms with van der Waals surface area (Å²) in [4.78, 5) is 14.1. The molecule has 5 nitrogen and oxygen atoms in total. The topological polar surface area (TPSA) is 50.8 Å². The van der Waals surface area contributed by atoms with Crippen LogP contribution in [0.3, 0.4) is 0 Å². The molecular weight excluding hydrogens is 280 g/mol. The first-order valence-electron chi connectivity index (χ1n) is 7.60. The highest BCUT2D eigenvalue weighted by Gasteiger charge is 2.44. The molecule has 2 aliphatic heterocycles. The van der Waals surface area contributed by atoms with Crippen LogP contribution in [0.4, 0.5) is 4.79 Å². The van der Waals surface area contributed by atoms with E-state index in [9.17, 15) is 4.79 Å². The summed E-state index contributed by atoms with van der Waals surface area (Å²) in [5.74, 6) is 0.812. The van der Waals surface area contributed by atoms with Crippen LogP contribution in [0.15, 0.2) is 42.1 Å². The summed E-state index contributed by atoms with van der Waals surface area (Å²) in [5, 5.41) is 3.37. The fraction of sp³-hybridized carbons (Fsp3) is 0.471. The lowest BCUT2D eigenvalue weighted by Crippen LogP contribution is -2.38. The predicted molar refractivity (Wildman–Crippen MR) is 83.7 cm³/mol. The van der Waals surface area contributed by atoms with Crippen LogP contribution in [-0.4, -0.2) is 41.8 Å². The first-order valence-corrected chi connectivity index (χ1v) is 7.60. The minimum atomic E-state index is -0.502. The maximum Gasteiger partial charge on any atom is 0.414 e. The molecule has 3 rings (SSSR count). The summed E-state index contributed by atoms with van der Waals surface area (Å²) in [6, 6.07) is 9.72. The molecule has 0 bridgehead atoms. The van der Waals surface area contributed by atoms with Gasteiger partial charge in [0.1, 0.15) is 17.5 Å². The Bertz CT molecular complexity index is 577. The number of nitrogens with zero attached hydrogens (tertiary/aromatic N) is 1. The van der Waals surface area contributed by atoms with Crippen molar-refractivity contribution < 1.29 is 14.3 Å². The molecule has 2 heterocycles. The Morgan fingerprint density at radius 3 is 2.68 bits per heavy atom. The van der Waals surface area contributed by atoms with Crippen molar-refractivity contribution in [3.05, 3.63) is 42.1 Å². The number of carbonyl (C=O) groups excluding carboxylic acids is 1. The number of hydrogen-bond acceptors (Lipinski definition) is 4. The monoisotopic (exact) mass is 302 g/mol. The quantitative estimate of drug-likeness (QED) is 0.912. The average Bonchev–Trinajstić information content (AvgIpc) is 3.02. The molecule has 5 heteroatoms. The van der Waals surface area contributed by atoms with Gasteiger partial charge in [-0.15, -0.1) is 0 Å². The fourth-order valence-corrected chi connectivity index (χ4v) is 2.79. The summed E-state index contributed by atoms with van der Waals surface area (Å²) < 4.78 is 11.5. The molecule has 1 amide bonds. The van der Waals surface area contributed by atoms with E-state index in [-0.39, 0.29) is 18.2 Å². The van der Waals surface area contributed by atoms with Crippen molar-refractivity contribution in [2.45, 2.75) is 38.5 Å². The Kier molecular flexibility index (Phi) is 3.83. The molecule has 118 valence electrons. The number of hydrogen-bond donors (Lipinski definition) is 1. The van der Waals surface area contributed by atoms with Crippen molar-refractivity contribution in [1.82, 2.24) is 10.2 Å². The molecule has 0 radical (unpaired) electrons. The average molecular weight is 302 g/mol. The number of ether oxygens (including phenoxy) is 2. The highest BCUT2D eigenvalue weighted by molar-refractivity contribution is 5.72. The van der Waals surface area contributed by atoms with Crippen molar-refractivity contribution in [2.75, 3.05) is 13.1 Å². The second-order valence-electron chi connectivity index (χ2n) is 6.58. The molecule has 0 aromatic heterocycles. The van der Waals surface area contributed by atoms with Gasteiger partial charge in [0.05, 0.1) is 12.6 Å². The van der Waals surface area contributed by atoms with E-state index in [4.69, 9.17) is 9.47 Å². The van der Waals surface area contributed by atoms with Crippen molar-refractivity contribution in [3.63, 3.8) is 0 Å². The van der Waals surface area contributed by atoms with Crippen LogP contribution >= 0.6 is 0 Å². The first kappa shape index (κ1) is 14.9. The summed E-state index contributed by atoms with van der Waals surface area (Å²) in [6.07, 6.45) is 1.61. The van der Waals surface area contributed by atoms with Crippen LogP contribution in [-0.2, 0) is 4.74 Å². The van der Waals surface area contributed by atoms with E-state index in [0.717, 1.165) is 18.0 Å². The maximum atomic E-state index is 12.4. The molecular formula is C17H22N2O3. The molecule has 0 aliphatic carbocycles. The number of nitrogens with one attached hydrogen (secondary N) is 1. The normalized spacial score (nSPS) is 24.0. The van der Waals surface area contributed by atoms with Crippen LogP contribution in [0.1, 0.15) is 20.8 Å². The zero-order valence-electron chi connectivity index (χ0n) is 13.2. The van der Waals surface area contributed by atoms with Gasteiger partial charge in [0.15, 0.2) is 0 Å². The van der Waals surface area contributed by atoms with Crippen molar-refractivity contribution in [3.8, 4) is 5.75 Å². The molecule has 0 saturated carbocycles. The van der Waals surface area contributed by atoms with E-state index >= 15 is 0 Å². The summed E-state index contributed by atoms with van der Waals surface area (Å²) in [6.45, 7) is 6.86. The third kappa shape index (κ3) is 3.09. The predicted octanol–water partition coefficient (Wildman–Crippen LogP) is 2.54. The Labute approximate surface area is 130 Å². The Hall–Kier alpha value is -2.01. The van der Waals surface area contributed by atoms with E-state index < -0.39 is 5.60 Å². The highest BCUT2D eigenvalue weighted by atomic mass is 16.6. The Balaban J connectivity index is 1.73. The lowest BCUT2D eigenvalue weighted by atomic mass is 10.2. The van der Waals surface area contributed by atoms with Crippen LogP contribution in [0.2, 0.25) is 0 Å². The van der Waals surface area contributed by atoms with Crippen LogP contribution < -0.4 is 10.1 Å². The highest BCUT2D eigenvalue weighted by Crippen LogP contribution is 2.30. The molecule has 2 unspecified atom stereocenters. The fourth-order valence-electron chi connectivity index (χ4n) is 2.79. The lowest BCUT2D eigenvalue weighted by molar-refractivity contribution is 0.0315. The largest absolute Gasteiger partial charge is 0.487 e. The van der Waals surface area contributed by atoms with Gasteiger partial charge in [-0.2, -0.15) is 0 Å². The van der Waals surface area contributed by atoms with Gasteiger partial charge in [0, 0.05) is 12.2 Å². The Morgan fingerprint density at radius 1 is 1.27 bits per heavy atom. The standard InChI is InChI=1S/C17H22N2O3/c1-17(2,3)22-16(20)19-11-14(15-13(19)9-10-18-15)21-12-7-5-4-6-8-12/h4-9,14-15,18H,10-11H2,1-3H3.